The average molecular weight is 286 g/mol. The largest absolute Gasteiger partial charge is 0.290 e. The molecule has 5 aliphatic carbocycles. The van der Waals surface area contributed by atoms with Gasteiger partial charge >= 0.3 is 0 Å². The number of hydrogen-bond donors (Lipinski definition) is 0. The first-order valence-corrected chi connectivity index (χ1v) is 7.72. The fourth-order valence-electron chi connectivity index (χ4n) is 4.73. The van der Waals surface area contributed by atoms with E-state index in [9.17, 15) is 9.59 Å². The van der Waals surface area contributed by atoms with Gasteiger partial charge in [-0.05, 0) is 35.1 Å². The number of carbonyl (C=O) groups excluding carboxylic acids is 2. The molecule has 0 heterocycles. The highest BCUT2D eigenvalue weighted by molar-refractivity contribution is 6.22. The van der Waals surface area contributed by atoms with Crippen molar-refractivity contribution in [3.8, 4) is 0 Å². The van der Waals surface area contributed by atoms with E-state index in [-0.39, 0.29) is 35.2 Å². The van der Waals surface area contributed by atoms with Crippen LogP contribution in [-0.2, 0) is 9.59 Å². The first-order valence-electron chi connectivity index (χ1n) is 7.72. The molecule has 22 heavy (non-hydrogen) atoms. The molecule has 0 saturated carbocycles. The molecule has 2 nitrogen and oxygen atoms in total. The Morgan fingerprint density at radius 3 is 1.59 bits per heavy atom. The van der Waals surface area contributed by atoms with Crippen molar-refractivity contribution < 1.29 is 9.59 Å². The van der Waals surface area contributed by atoms with Crippen molar-refractivity contribution in [2.45, 2.75) is 11.8 Å². The van der Waals surface area contributed by atoms with Gasteiger partial charge in [0.2, 0.25) is 0 Å². The van der Waals surface area contributed by atoms with Crippen LogP contribution in [0.1, 0.15) is 23.0 Å². The van der Waals surface area contributed by atoms with E-state index in [4.69, 9.17) is 0 Å². The molecule has 0 aliphatic heterocycles. The predicted octanol–water partition coefficient (Wildman–Crippen LogP) is 3.24. The molecule has 6 rings (SSSR count). The Morgan fingerprint density at radius 1 is 0.682 bits per heavy atom. The minimum absolute atomic E-state index is 0.0144. The highest BCUT2D eigenvalue weighted by atomic mass is 16.1. The van der Waals surface area contributed by atoms with Crippen LogP contribution in [0.2, 0.25) is 0 Å². The van der Waals surface area contributed by atoms with Gasteiger partial charge in [-0.3, -0.25) is 9.59 Å². The third-order valence-corrected chi connectivity index (χ3v) is 5.49. The minimum atomic E-state index is 0.0144. The maximum absolute atomic E-state index is 12.5. The molecule has 0 radical (unpaired) electrons. The Balaban J connectivity index is 1.85. The number of carbonyl (C=O) groups is 2. The molecule has 2 bridgehead atoms. The first kappa shape index (κ1) is 12.1. The van der Waals surface area contributed by atoms with Crippen molar-refractivity contribution in [1.82, 2.24) is 0 Å². The summed E-state index contributed by atoms with van der Waals surface area (Å²) in [6, 6.07) is 8.30. The fourth-order valence-corrected chi connectivity index (χ4v) is 4.73. The maximum Gasteiger partial charge on any atom is 0.183 e. The van der Waals surface area contributed by atoms with Crippen molar-refractivity contribution in [2.75, 3.05) is 0 Å². The monoisotopic (exact) mass is 286 g/mol. The summed E-state index contributed by atoms with van der Waals surface area (Å²) in [5.74, 6) is 0.632. The third-order valence-electron chi connectivity index (χ3n) is 5.49. The summed E-state index contributed by atoms with van der Waals surface area (Å²) < 4.78 is 0. The van der Waals surface area contributed by atoms with Gasteiger partial charge in [0.05, 0.1) is 0 Å². The molecule has 0 spiro atoms. The van der Waals surface area contributed by atoms with Gasteiger partial charge in [0.25, 0.3) is 0 Å². The van der Waals surface area contributed by atoms with E-state index in [1.54, 1.807) is 0 Å². The van der Waals surface area contributed by atoms with Gasteiger partial charge in [0.1, 0.15) is 0 Å². The molecule has 106 valence electrons. The normalized spacial score (nSPS) is 33.8. The van der Waals surface area contributed by atoms with Crippen molar-refractivity contribution in [3.05, 3.63) is 83.0 Å². The zero-order valence-corrected chi connectivity index (χ0v) is 11.9. The Morgan fingerprint density at radius 2 is 1.14 bits per heavy atom. The first-order chi connectivity index (χ1) is 10.8. The molecule has 0 unspecified atom stereocenters. The third kappa shape index (κ3) is 1.31. The molecule has 0 N–H and O–H groups in total. The second kappa shape index (κ2) is 4.04. The SMILES string of the molecule is O=C1C=CC(=O)C2=C1[C@@H]1c3ccccc3[C@@H]2[C@H]2C=CC=C[C@H]21. The van der Waals surface area contributed by atoms with Crippen molar-refractivity contribution in [1.29, 1.82) is 0 Å². The van der Waals surface area contributed by atoms with Crippen molar-refractivity contribution >= 4 is 11.6 Å². The van der Waals surface area contributed by atoms with E-state index >= 15 is 0 Å². The van der Waals surface area contributed by atoms with Crippen LogP contribution in [-0.4, -0.2) is 11.6 Å². The molecule has 0 fully saturated rings. The van der Waals surface area contributed by atoms with Gasteiger partial charge in [-0.1, -0.05) is 48.6 Å². The van der Waals surface area contributed by atoms with Crippen LogP contribution >= 0.6 is 0 Å². The number of rotatable bonds is 0. The van der Waals surface area contributed by atoms with E-state index in [0.717, 1.165) is 11.1 Å². The summed E-state index contributed by atoms with van der Waals surface area (Å²) in [4.78, 5) is 25.0. The molecule has 0 saturated heterocycles. The summed E-state index contributed by atoms with van der Waals surface area (Å²) in [5.41, 5.74) is 3.95. The van der Waals surface area contributed by atoms with Gasteiger partial charge < -0.3 is 0 Å². The zero-order valence-electron chi connectivity index (χ0n) is 11.9. The Kier molecular flexibility index (Phi) is 2.22. The lowest BCUT2D eigenvalue weighted by atomic mass is 9.52. The number of ketones is 2. The van der Waals surface area contributed by atoms with Crippen LogP contribution < -0.4 is 0 Å². The van der Waals surface area contributed by atoms with Crippen LogP contribution in [0, 0.1) is 11.8 Å². The second-order valence-corrected chi connectivity index (χ2v) is 6.40. The Hall–Kier alpha value is -2.48. The Labute approximate surface area is 128 Å². The summed E-state index contributed by atoms with van der Waals surface area (Å²) in [6.45, 7) is 0. The lowest BCUT2D eigenvalue weighted by Gasteiger charge is -2.50. The van der Waals surface area contributed by atoms with Gasteiger partial charge in [0, 0.05) is 23.0 Å². The Bertz CT molecular complexity index is 781. The van der Waals surface area contributed by atoms with Crippen LogP contribution in [0.25, 0.3) is 0 Å². The summed E-state index contributed by atoms with van der Waals surface area (Å²) in [6.07, 6.45) is 11.4. The molecule has 1 aromatic carbocycles. The van der Waals surface area contributed by atoms with Gasteiger partial charge in [0.15, 0.2) is 11.6 Å². The highest BCUT2D eigenvalue weighted by Crippen LogP contribution is 2.60. The van der Waals surface area contributed by atoms with E-state index < -0.39 is 0 Å². The fraction of sp³-hybridized carbons (Fsp3) is 0.200. The van der Waals surface area contributed by atoms with Crippen molar-refractivity contribution in [2.24, 2.45) is 11.8 Å². The highest BCUT2D eigenvalue weighted by Gasteiger charge is 2.52. The molecule has 5 aliphatic rings. The van der Waals surface area contributed by atoms with Crippen LogP contribution in [0.5, 0.6) is 0 Å². The molecule has 0 amide bonds. The van der Waals surface area contributed by atoms with E-state index in [1.807, 2.05) is 12.1 Å². The lowest BCUT2D eigenvalue weighted by Crippen LogP contribution is -2.43. The lowest BCUT2D eigenvalue weighted by molar-refractivity contribution is -0.116. The molecule has 2 heteroatoms. The number of benzene rings is 1. The average Bonchev–Trinajstić information content (AvgIpc) is 2.58. The second-order valence-electron chi connectivity index (χ2n) is 6.40. The number of hydrogen-bond acceptors (Lipinski definition) is 2. The predicted molar refractivity (Wildman–Crippen MR) is 83.4 cm³/mol. The van der Waals surface area contributed by atoms with E-state index in [1.165, 1.54) is 23.3 Å². The van der Waals surface area contributed by atoms with E-state index in [0.29, 0.717) is 0 Å². The molecular formula is C20H14O2. The van der Waals surface area contributed by atoms with Crippen LogP contribution in [0.4, 0.5) is 0 Å². The topological polar surface area (TPSA) is 34.1 Å². The molecule has 1 aromatic rings. The summed E-state index contributed by atoms with van der Waals surface area (Å²) in [7, 11) is 0. The smallest absolute Gasteiger partial charge is 0.183 e. The molecular weight excluding hydrogens is 272 g/mol. The van der Waals surface area contributed by atoms with Gasteiger partial charge in [-0.2, -0.15) is 0 Å². The van der Waals surface area contributed by atoms with E-state index in [2.05, 4.69) is 36.4 Å². The maximum atomic E-state index is 12.5. The van der Waals surface area contributed by atoms with Crippen LogP contribution in [0.3, 0.4) is 0 Å². The van der Waals surface area contributed by atoms with Gasteiger partial charge in [-0.25, -0.2) is 0 Å². The minimum Gasteiger partial charge on any atom is -0.290 e. The zero-order chi connectivity index (χ0) is 14.8. The number of allylic oxidation sites excluding steroid dienone is 8. The molecule has 0 aromatic heterocycles. The van der Waals surface area contributed by atoms with Crippen molar-refractivity contribution in [3.63, 3.8) is 0 Å². The molecule has 4 atom stereocenters. The van der Waals surface area contributed by atoms with Gasteiger partial charge in [-0.15, -0.1) is 0 Å². The standard InChI is InChI=1S/C20H14O2/c21-15-9-10-16(22)20-18-12-6-2-1-5-11(12)17(19(15)20)13-7-3-4-8-14(13)18/h1-12,17-18H/t11-,12+,17-,18-/m0/s1. The van der Waals surface area contributed by atoms with Crippen LogP contribution in [0.15, 0.2) is 71.9 Å². The quantitative estimate of drug-likeness (QED) is 0.686. The summed E-state index contributed by atoms with van der Waals surface area (Å²) in [5, 5.41) is 0. The summed E-state index contributed by atoms with van der Waals surface area (Å²) >= 11 is 0.